The first-order chi connectivity index (χ1) is 16.4. The van der Waals surface area contributed by atoms with Gasteiger partial charge in [-0.3, -0.25) is 0 Å². The van der Waals surface area contributed by atoms with Gasteiger partial charge in [-0.25, -0.2) is 23.5 Å². The second-order valence-corrected chi connectivity index (χ2v) is 8.68. The van der Waals surface area contributed by atoms with Crippen molar-refractivity contribution >= 4 is 28.5 Å². The Kier molecular flexibility index (Phi) is 6.29. The number of carboxylic acid groups (broad SMARTS) is 1. The van der Waals surface area contributed by atoms with Crippen molar-refractivity contribution in [2.75, 3.05) is 23.3 Å². The molecule has 186 valence electrons. The number of piperidine rings is 1. The molecule has 2 N–H and O–H groups in total. The molecule has 0 amide bonds. The fourth-order valence-electron chi connectivity index (χ4n) is 4.22. The highest BCUT2D eigenvalue weighted by atomic mass is 19.4. The van der Waals surface area contributed by atoms with Crippen molar-refractivity contribution in [1.29, 1.82) is 0 Å². The first-order valence-electron chi connectivity index (χ1n) is 11.0. The molecule has 2 heterocycles. The number of hydrogen-bond donors (Lipinski definition) is 2. The smallest absolute Gasteiger partial charge is 0.437 e. The van der Waals surface area contributed by atoms with Crippen molar-refractivity contribution in [2.24, 2.45) is 0 Å². The molecule has 1 atom stereocenters. The number of rotatable bonds is 5. The van der Waals surface area contributed by atoms with Crippen LogP contribution < -0.4 is 10.2 Å². The zero-order chi connectivity index (χ0) is 25.5. The Morgan fingerprint density at radius 3 is 2.43 bits per heavy atom. The summed E-state index contributed by atoms with van der Waals surface area (Å²) in [5.74, 6) is -4.55. The highest BCUT2D eigenvalue weighted by molar-refractivity contribution is 5.94. The van der Waals surface area contributed by atoms with Crippen molar-refractivity contribution in [3.8, 4) is 0 Å². The van der Waals surface area contributed by atoms with Crippen LogP contribution >= 0.6 is 0 Å². The van der Waals surface area contributed by atoms with Crippen LogP contribution in [0, 0.1) is 6.92 Å². The van der Waals surface area contributed by atoms with Crippen molar-refractivity contribution in [3.05, 3.63) is 58.8 Å². The second kappa shape index (κ2) is 8.94. The summed E-state index contributed by atoms with van der Waals surface area (Å²) in [7, 11) is 0. The number of aryl methyl sites for hydroxylation is 1. The van der Waals surface area contributed by atoms with Gasteiger partial charge in [-0.2, -0.15) is 13.2 Å². The quantitative estimate of drug-likeness (QED) is 0.420. The summed E-state index contributed by atoms with van der Waals surface area (Å²) in [5, 5.41) is 12.6. The maximum Gasteiger partial charge on any atom is 0.437 e. The van der Waals surface area contributed by atoms with E-state index in [9.17, 15) is 31.9 Å². The molecule has 0 saturated carbocycles. The summed E-state index contributed by atoms with van der Waals surface area (Å²) in [6.45, 7) is 2.87. The van der Waals surface area contributed by atoms with Gasteiger partial charge in [-0.15, -0.1) is 0 Å². The zero-order valence-electron chi connectivity index (χ0n) is 19.0. The second-order valence-electron chi connectivity index (χ2n) is 8.68. The summed E-state index contributed by atoms with van der Waals surface area (Å²) in [6, 6.07) is 8.93. The number of hydrogen-bond acceptors (Lipinski definition) is 5. The van der Waals surface area contributed by atoms with Gasteiger partial charge < -0.3 is 15.3 Å². The largest absolute Gasteiger partial charge is 0.478 e. The lowest BCUT2D eigenvalue weighted by Gasteiger charge is -2.33. The third kappa shape index (κ3) is 5.13. The average molecular weight is 494 g/mol. The maximum absolute atomic E-state index is 13.9. The number of fused-ring (bicyclic) bond motifs is 1. The summed E-state index contributed by atoms with van der Waals surface area (Å²) in [4.78, 5) is 21.0. The molecule has 0 spiro atoms. The van der Waals surface area contributed by atoms with Crippen LogP contribution in [0.15, 0.2) is 36.4 Å². The third-order valence-corrected chi connectivity index (χ3v) is 5.98. The lowest BCUT2D eigenvalue weighted by Crippen LogP contribution is -2.41. The number of carbonyl (C=O) groups is 1. The molecule has 2 aromatic carbocycles. The summed E-state index contributed by atoms with van der Waals surface area (Å²) >= 11 is 0. The minimum Gasteiger partial charge on any atom is -0.478 e. The number of alkyl halides is 5. The van der Waals surface area contributed by atoms with Gasteiger partial charge >= 0.3 is 12.1 Å². The van der Waals surface area contributed by atoms with E-state index in [1.165, 1.54) is 17.0 Å². The Morgan fingerprint density at radius 1 is 1.14 bits per heavy atom. The number of aromatic nitrogens is 2. The van der Waals surface area contributed by atoms with Gasteiger partial charge in [-0.1, -0.05) is 18.2 Å². The van der Waals surface area contributed by atoms with Crippen LogP contribution in [0.5, 0.6) is 0 Å². The molecule has 35 heavy (non-hydrogen) atoms. The van der Waals surface area contributed by atoms with Crippen LogP contribution in [0.1, 0.15) is 53.0 Å². The van der Waals surface area contributed by atoms with Gasteiger partial charge in [0.15, 0.2) is 11.5 Å². The van der Waals surface area contributed by atoms with Gasteiger partial charge in [0.1, 0.15) is 0 Å². The Bertz CT molecular complexity index is 1270. The van der Waals surface area contributed by atoms with E-state index in [2.05, 4.69) is 15.3 Å². The van der Waals surface area contributed by atoms with Gasteiger partial charge in [0.2, 0.25) is 0 Å². The fourth-order valence-corrected chi connectivity index (χ4v) is 4.22. The minimum absolute atomic E-state index is 0.0126. The summed E-state index contributed by atoms with van der Waals surface area (Å²) < 4.78 is 69.0. The molecular formula is C24H23F5N4O2. The zero-order valence-corrected chi connectivity index (χ0v) is 19.0. The third-order valence-electron chi connectivity index (χ3n) is 5.98. The van der Waals surface area contributed by atoms with Crippen LogP contribution in [0.4, 0.5) is 33.5 Å². The van der Waals surface area contributed by atoms with E-state index in [1.54, 1.807) is 38.1 Å². The van der Waals surface area contributed by atoms with Crippen molar-refractivity contribution in [3.63, 3.8) is 0 Å². The molecule has 1 aliphatic heterocycles. The fraction of sp³-hybridized carbons (Fsp3) is 0.375. The van der Waals surface area contributed by atoms with E-state index in [0.29, 0.717) is 16.8 Å². The molecular weight excluding hydrogens is 471 g/mol. The topological polar surface area (TPSA) is 78.3 Å². The van der Waals surface area contributed by atoms with Crippen molar-refractivity contribution in [1.82, 2.24) is 9.97 Å². The molecule has 6 nitrogen and oxygen atoms in total. The van der Waals surface area contributed by atoms with Gasteiger partial charge in [0.05, 0.1) is 22.6 Å². The van der Waals surface area contributed by atoms with E-state index < -0.39 is 48.5 Å². The number of halogens is 5. The molecule has 11 heteroatoms. The Balaban J connectivity index is 1.82. The lowest BCUT2D eigenvalue weighted by atomic mass is 10.0. The predicted octanol–water partition coefficient (Wildman–Crippen LogP) is 6.06. The van der Waals surface area contributed by atoms with Gasteiger partial charge in [-0.05, 0) is 37.6 Å². The first kappa shape index (κ1) is 24.6. The van der Waals surface area contributed by atoms with Gasteiger partial charge in [0, 0.05) is 37.2 Å². The SMILES string of the molecule is Cc1cc([C@@H](C)Nc2ccccc2C(=O)O)c2nc(N3CCC(F)(F)CC3)c(C(F)(F)F)nc2c1. The van der Waals surface area contributed by atoms with E-state index in [1.807, 2.05) is 0 Å². The molecule has 0 bridgehead atoms. The molecule has 1 saturated heterocycles. The molecule has 3 aromatic rings. The van der Waals surface area contributed by atoms with Crippen LogP contribution in [0.25, 0.3) is 11.0 Å². The minimum atomic E-state index is -4.83. The number of benzene rings is 2. The number of nitrogens with one attached hydrogen (secondary N) is 1. The first-order valence-corrected chi connectivity index (χ1v) is 11.0. The number of aromatic carboxylic acids is 1. The summed E-state index contributed by atoms with van der Waals surface area (Å²) in [5.41, 5.74) is 0.494. The van der Waals surface area contributed by atoms with E-state index in [-0.39, 0.29) is 29.7 Å². The highest BCUT2D eigenvalue weighted by Crippen LogP contribution is 2.39. The average Bonchev–Trinajstić information content (AvgIpc) is 2.77. The number of para-hydroxylation sites is 1. The molecule has 0 radical (unpaired) electrons. The standard InChI is InChI=1S/C24H23F5N4O2/c1-13-11-16(14(2)30-17-6-4-3-5-15(17)22(34)35)19-18(12-13)31-20(24(27,28)29)21(32-19)33-9-7-23(25,26)8-10-33/h3-6,11-12,14,30H,7-10H2,1-2H3,(H,34,35)/t14-/m1/s1. The normalized spacial score (nSPS) is 16.8. The van der Waals surface area contributed by atoms with Crippen LogP contribution in [-0.2, 0) is 6.18 Å². The Morgan fingerprint density at radius 2 is 1.80 bits per heavy atom. The molecule has 1 aromatic heterocycles. The highest BCUT2D eigenvalue weighted by Gasteiger charge is 2.41. The Labute approximate surface area is 197 Å². The van der Waals surface area contributed by atoms with Crippen LogP contribution in [0.2, 0.25) is 0 Å². The predicted molar refractivity (Wildman–Crippen MR) is 121 cm³/mol. The van der Waals surface area contributed by atoms with Crippen LogP contribution in [0.3, 0.4) is 0 Å². The van der Waals surface area contributed by atoms with E-state index in [0.717, 1.165) is 0 Å². The molecule has 1 aliphatic rings. The molecule has 4 rings (SSSR count). The molecule has 1 fully saturated rings. The van der Waals surface area contributed by atoms with Gasteiger partial charge in [0.25, 0.3) is 5.92 Å². The number of nitrogens with zero attached hydrogens (tertiary/aromatic N) is 3. The van der Waals surface area contributed by atoms with Crippen LogP contribution in [-0.4, -0.2) is 40.1 Å². The monoisotopic (exact) mass is 494 g/mol. The maximum atomic E-state index is 13.9. The summed E-state index contributed by atoms with van der Waals surface area (Å²) in [6.07, 6.45) is -5.98. The van der Waals surface area contributed by atoms with E-state index in [4.69, 9.17) is 0 Å². The number of carboxylic acids is 1. The van der Waals surface area contributed by atoms with Crippen molar-refractivity contribution in [2.45, 2.75) is 44.8 Å². The lowest BCUT2D eigenvalue weighted by molar-refractivity contribution is -0.140. The number of anilines is 2. The van der Waals surface area contributed by atoms with Crippen molar-refractivity contribution < 1.29 is 31.9 Å². The Hall–Kier alpha value is -3.50. The van der Waals surface area contributed by atoms with E-state index >= 15 is 0 Å². The molecule has 0 unspecified atom stereocenters. The molecule has 0 aliphatic carbocycles.